The number of benzene rings is 1. The van der Waals surface area contributed by atoms with Crippen LogP contribution in [-0.4, -0.2) is 37.4 Å². The number of carboxylic acid groups (broad SMARTS) is 1. The number of carbonyl (C=O) groups excluding carboxylic acids is 1. The number of urea groups is 1. The summed E-state index contributed by atoms with van der Waals surface area (Å²) >= 11 is 0. The second-order valence-corrected chi connectivity index (χ2v) is 4.64. The molecule has 0 radical (unpaired) electrons. The first-order valence-electron chi connectivity index (χ1n) is 6.93. The summed E-state index contributed by atoms with van der Waals surface area (Å²) in [5, 5.41) is 14.3. The van der Waals surface area contributed by atoms with E-state index in [0.29, 0.717) is 19.6 Å². The summed E-state index contributed by atoms with van der Waals surface area (Å²) in [7, 11) is 1.61. The molecule has 1 rings (SSSR count). The van der Waals surface area contributed by atoms with Gasteiger partial charge in [-0.15, -0.1) is 0 Å². The van der Waals surface area contributed by atoms with Crippen LogP contribution in [0.2, 0.25) is 0 Å². The van der Waals surface area contributed by atoms with Crippen molar-refractivity contribution in [3.8, 4) is 0 Å². The average molecular weight is 294 g/mol. The van der Waals surface area contributed by atoms with Crippen LogP contribution in [0, 0.1) is 0 Å². The molecule has 21 heavy (non-hydrogen) atoms. The first kappa shape index (κ1) is 17.0. The van der Waals surface area contributed by atoms with E-state index in [0.717, 1.165) is 12.0 Å². The van der Waals surface area contributed by atoms with Crippen LogP contribution in [0.1, 0.15) is 30.9 Å². The van der Waals surface area contributed by atoms with Gasteiger partial charge in [0.15, 0.2) is 0 Å². The number of amides is 2. The number of carbonyl (C=O) groups is 2. The maximum atomic E-state index is 11.8. The summed E-state index contributed by atoms with van der Waals surface area (Å²) in [6.45, 7) is 1.10. The molecule has 2 amide bonds. The number of hydrogen-bond acceptors (Lipinski definition) is 3. The highest BCUT2D eigenvalue weighted by Gasteiger charge is 2.15. The van der Waals surface area contributed by atoms with Gasteiger partial charge in [-0.3, -0.25) is 4.79 Å². The van der Waals surface area contributed by atoms with Gasteiger partial charge in [-0.25, -0.2) is 4.79 Å². The summed E-state index contributed by atoms with van der Waals surface area (Å²) in [6, 6.07) is 8.73. The highest BCUT2D eigenvalue weighted by atomic mass is 16.5. The first-order valence-corrected chi connectivity index (χ1v) is 6.93. The Balaban J connectivity index is 2.52. The smallest absolute Gasteiger partial charge is 0.315 e. The van der Waals surface area contributed by atoms with Crippen LogP contribution >= 0.6 is 0 Å². The molecule has 0 aliphatic carbocycles. The molecule has 0 saturated heterocycles. The van der Waals surface area contributed by atoms with Gasteiger partial charge in [0.2, 0.25) is 0 Å². The van der Waals surface area contributed by atoms with Gasteiger partial charge in [0.05, 0.1) is 6.04 Å². The molecule has 1 unspecified atom stereocenters. The van der Waals surface area contributed by atoms with Gasteiger partial charge in [-0.1, -0.05) is 30.3 Å². The van der Waals surface area contributed by atoms with E-state index in [4.69, 9.17) is 9.84 Å². The lowest BCUT2D eigenvalue weighted by Gasteiger charge is -2.19. The molecule has 1 atom stereocenters. The van der Waals surface area contributed by atoms with E-state index >= 15 is 0 Å². The van der Waals surface area contributed by atoms with Crippen LogP contribution in [0.3, 0.4) is 0 Å². The van der Waals surface area contributed by atoms with E-state index in [1.807, 2.05) is 30.3 Å². The standard InChI is InChI=1S/C15H22N2O4/c1-21-11-5-10-16-15(20)17-13(8-9-14(18)19)12-6-3-2-4-7-12/h2-4,6-7,13H,5,8-11H2,1H3,(H,18,19)(H2,16,17,20). The first-order chi connectivity index (χ1) is 10.1. The van der Waals surface area contributed by atoms with Crippen molar-refractivity contribution in [1.82, 2.24) is 10.6 Å². The van der Waals surface area contributed by atoms with E-state index in [2.05, 4.69) is 10.6 Å². The minimum absolute atomic E-state index is 0.00349. The fourth-order valence-electron chi connectivity index (χ4n) is 1.90. The van der Waals surface area contributed by atoms with Gasteiger partial charge in [-0.05, 0) is 18.4 Å². The van der Waals surface area contributed by atoms with E-state index in [1.54, 1.807) is 7.11 Å². The van der Waals surface area contributed by atoms with Crippen LogP contribution in [0.4, 0.5) is 4.79 Å². The van der Waals surface area contributed by atoms with Gasteiger partial charge in [-0.2, -0.15) is 0 Å². The van der Waals surface area contributed by atoms with E-state index < -0.39 is 5.97 Å². The number of methoxy groups -OCH3 is 1. The molecule has 0 fully saturated rings. The van der Waals surface area contributed by atoms with Gasteiger partial charge in [0.25, 0.3) is 0 Å². The fourth-order valence-corrected chi connectivity index (χ4v) is 1.90. The maximum absolute atomic E-state index is 11.8. The Morgan fingerprint density at radius 1 is 1.29 bits per heavy atom. The minimum Gasteiger partial charge on any atom is -0.481 e. The van der Waals surface area contributed by atoms with Gasteiger partial charge >= 0.3 is 12.0 Å². The summed E-state index contributed by atoms with van der Waals surface area (Å²) in [6.07, 6.45) is 1.09. The monoisotopic (exact) mass is 294 g/mol. The molecule has 1 aromatic carbocycles. The summed E-state index contributed by atoms with van der Waals surface area (Å²) in [5.74, 6) is -0.877. The number of nitrogens with one attached hydrogen (secondary N) is 2. The Morgan fingerprint density at radius 3 is 2.62 bits per heavy atom. The molecular formula is C15H22N2O4. The lowest BCUT2D eigenvalue weighted by Crippen LogP contribution is -2.38. The van der Waals surface area contributed by atoms with Crippen molar-refractivity contribution in [2.45, 2.75) is 25.3 Å². The van der Waals surface area contributed by atoms with Gasteiger partial charge in [0, 0.05) is 26.7 Å². The van der Waals surface area contributed by atoms with Crippen molar-refractivity contribution in [2.24, 2.45) is 0 Å². The van der Waals surface area contributed by atoms with Crippen LogP contribution in [0.15, 0.2) is 30.3 Å². The fraction of sp³-hybridized carbons (Fsp3) is 0.467. The molecule has 0 spiro atoms. The summed E-state index contributed by atoms with van der Waals surface area (Å²) in [4.78, 5) is 22.5. The molecule has 116 valence electrons. The summed E-state index contributed by atoms with van der Waals surface area (Å²) < 4.78 is 4.90. The Kier molecular flexibility index (Phi) is 7.89. The van der Waals surface area contributed by atoms with Crippen molar-refractivity contribution in [3.63, 3.8) is 0 Å². The molecular weight excluding hydrogens is 272 g/mol. The third kappa shape index (κ3) is 7.31. The zero-order valence-corrected chi connectivity index (χ0v) is 12.2. The zero-order chi connectivity index (χ0) is 15.5. The molecule has 0 aromatic heterocycles. The van der Waals surface area contributed by atoms with Crippen LogP contribution in [-0.2, 0) is 9.53 Å². The van der Waals surface area contributed by atoms with Crippen molar-refractivity contribution in [3.05, 3.63) is 35.9 Å². The highest BCUT2D eigenvalue weighted by Crippen LogP contribution is 2.18. The minimum atomic E-state index is -0.877. The number of rotatable bonds is 9. The third-order valence-electron chi connectivity index (χ3n) is 2.96. The highest BCUT2D eigenvalue weighted by molar-refractivity contribution is 5.74. The third-order valence-corrected chi connectivity index (χ3v) is 2.96. The number of aliphatic carboxylic acids is 1. The number of hydrogen-bond donors (Lipinski definition) is 3. The molecule has 0 heterocycles. The van der Waals surface area contributed by atoms with Crippen molar-refractivity contribution >= 4 is 12.0 Å². The SMILES string of the molecule is COCCCNC(=O)NC(CCC(=O)O)c1ccccc1. The van der Waals surface area contributed by atoms with Crippen molar-refractivity contribution in [2.75, 3.05) is 20.3 Å². The molecule has 6 nitrogen and oxygen atoms in total. The number of carboxylic acids is 1. The summed E-state index contributed by atoms with van der Waals surface area (Å²) in [5.41, 5.74) is 0.894. The molecule has 0 aliphatic heterocycles. The Morgan fingerprint density at radius 2 is 2.00 bits per heavy atom. The maximum Gasteiger partial charge on any atom is 0.315 e. The van der Waals surface area contributed by atoms with E-state index in [-0.39, 0.29) is 18.5 Å². The normalized spacial score (nSPS) is 11.7. The quantitative estimate of drug-likeness (QED) is 0.607. The van der Waals surface area contributed by atoms with Crippen molar-refractivity contribution in [1.29, 1.82) is 0 Å². The average Bonchev–Trinajstić information content (AvgIpc) is 2.48. The second-order valence-electron chi connectivity index (χ2n) is 4.64. The zero-order valence-electron chi connectivity index (χ0n) is 12.2. The second kappa shape index (κ2) is 9.77. The van der Waals surface area contributed by atoms with Crippen LogP contribution < -0.4 is 10.6 Å². The molecule has 0 bridgehead atoms. The molecule has 1 aromatic rings. The largest absolute Gasteiger partial charge is 0.481 e. The molecule has 6 heteroatoms. The van der Waals surface area contributed by atoms with Crippen molar-refractivity contribution < 1.29 is 19.4 Å². The molecule has 0 aliphatic rings. The van der Waals surface area contributed by atoms with Crippen LogP contribution in [0.5, 0.6) is 0 Å². The van der Waals surface area contributed by atoms with Crippen LogP contribution in [0.25, 0.3) is 0 Å². The van der Waals surface area contributed by atoms with Gasteiger partial charge < -0.3 is 20.5 Å². The number of ether oxygens (including phenoxy) is 1. The predicted molar refractivity (Wildman–Crippen MR) is 79.1 cm³/mol. The van der Waals surface area contributed by atoms with Gasteiger partial charge in [0.1, 0.15) is 0 Å². The topological polar surface area (TPSA) is 87.7 Å². The van der Waals surface area contributed by atoms with E-state index in [1.165, 1.54) is 0 Å². The lowest BCUT2D eigenvalue weighted by atomic mass is 10.0. The Bertz CT molecular complexity index is 437. The van der Waals surface area contributed by atoms with E-state index in [9.17, 15) is 9.59 Å². The Hall–Kier alpha value is -2.08. The molecule has 3 N–H and O–H groups in total. The predicted octanol–water partition coefficient (Wildman–Crippen LogP) is 1.93. The lowest BCUT2D eigenvalue weighted by molar-refractivity contribution is -0.137. The molecule has 0 saturated carbocycles. The Labute approximate surface area is 124 Å².